The fourth-order valence-electron chi connectivity index (χ4n) is 4.65. The molecule has 0 saturated carbocycles. The smallest absolute Gasteiger partial charge is 0.256 e. The Labute approximate surface area is 173 Å². The lowest BCUT2D eigenvalue weighted by Gasteiger charge is -2.27. The van der Waals surface area contributed by atoms with E-state index in [2.05, 4.69) is 10.3 Å². The first kappa shape index (κ1) is 18.5. The van der Waals surface area contributed by atoms with Crippen LogP contribution in [0.2, 0.25) is 5.02 Å². The molecule has 0 spiro atoms. The van der Waals surface area contributed by atoms with E-state index in [1.807, 2.05) is 24.0 Å². The molecule has 5 rings (SSSR count). The normalized spacial score (nSPS) is 21.0. The number of morpholine rings is 1. The zero-order valence-corrected chi connectivity index (χ0v) is 17.0. The summed E-state index contributed by atoms with van der Waals surface area (Å²) in [6.45, 7) is 4.31. The van der Waals surface area contributed by atoms with Gasteiger partial charge in [-0.15, -0.1) is 0 Å². The maximum atomic E-state index is 13.2. The fourth-order valence-corrected chi connectivity index (χ4v) is 4.83. The molecule has 2 amide bonds. The zero-order chi connectivity index (χ0) is 20.1. The Balaban J connectivity index is 1.63. The van der Waals surface area contributed by atoms with Crippen molar-refractivity contribution in [2.45, 2.75) is 26.2 Å². The number of allylic oxidation sites excluding steroid dienone is 1. The Morgan fingerprint density at radius 1 is 1.21 bits per heavy atom. The molecule has 3 heterocycles. The number of anilines is 1. The second kappa shape index (κ2) is 7.04. The fraction of sp³-hybridized carbons (Fsp3) is 0.364. The van der Waals surface area contributed by atoms with Crippen LogP contribution in [0.25, 0.3) is 11.1 Å². The number of hydrogen-bond acceptors (Lipinski definition) is 3. The summed E-state index contributed by atoms with van der Waals surface area (Å²) in [5.74, 6) is -0.0627. The molecule has 7 heteroatoms. The summed E-state index contributed by atoms with van der Waals surface area (Å²) in [4.78, 5) is 31.3. The van der Waals surface area contributed by atoms with Crippen LogP contribution in [0.3, 0.4) is 0 Å². The summed E-state index contributed by atoms with van der Waals surface area (Å²) < 4.78 is 5.39. The molecule has 2 aromatic rings. The third kappa shape index (κ3) is 2.98. The summed E-state index contributed by atoms with van der Waals surface area (Å²) in [6.07, 6.45) is 2.51. The van der Waals surface area contributed by atoms with Gasteiger partial charge < -0.3 is 19.9 Å². The highest BCUT2D eigenvalue weighted by atomic mass is 35.5. The minimum atomic E-state index is -0.113. The van der Waals surface area contributed by atoms with Crippen molar-refractivity contribution in [3.63, 3.8) is 0 Å². The second-order valence-corrected chi connectivity index (χ2v) is 8.17. The minimum Gasteiger partial charge on any atom is -0.378 e. The molecule has 150 valence electrons. The van der Waals surface area contributed by atoms with Gasteiger partial charge in [-0.2, -0.15) is 0 Å². The lowest BCUT2D eigenvalue weighted by molar-refractivity contribution is -0.110. The van der Waals surface area contributed by atoms with Gasteiger partial charge >= 0.3 is 0 Å². The van der Waals surface area contributed by atoms with Gasteiger partial charge in [-0.1, -0.05) is 11.6 Å². The number of carbonyl (C=O) groups is 2. The van der Waals surface area contributed by atoms with Crippen LogP contribution in [0.4, 0.5) is 5.69 Å². The Morgan fingerprint density at radius 3 is 2.79 bits per heavy atom. The molecule has 1 aliphatic carbocycles. The van der Waals surface area contributed by atoms with Crippen LogP contribution in [0.15, 0.2) is 18.2 Å². The molecule has 0 unspecified atom stereocenters. The Morgan fingerprint density at radius 2 is 2.00 bits per heavy atom. The number of H-pyrrole nitrogens is 1. The Bertz CT molecular complexity index is 1060. The third-order valence-corrected chi connectivity index (χ3v) is 6.22. The highest BCUT2D eigenvalue weighted by Crippen LogP contribution is 2.43. The lowest BCUT2D eigenvalue weighted by Crippen LogP contribution is -2.41. The standard InChI is InChI=1S/C22H22ClN3O3/c1-12-18(22(28)26-7-9-29-10-8-26)14-3-2-4-15(20(14)24-12)19-16-11-13(23)5-6-17(16)25-21(19)27/h5-6,11,24H,2-4,7-10H2,1H3,(H,25,27)/b19-15-. The second-order valence-electron chi connectivity index (χ2n) is 7.73. The van der Waals surface area contributed by atoms with Crippen molar-refractivity contribution in [3.8, 4) is 0 Å². The van der Waals surface area contributed by atoms with Crippen molar-refractivity contribution in [3.05, 3.63) is 51.3 Å². The van der Waals surface area contributed by atoms with Crippen molar-refractivity contribution < 1.29 is 14.3 Å². The van der Waals surface area contributed by atoms with Gasteiger partial charge in [0.05, 0.1) is 24.4 Å². The number of aromatic amines is 1. The Kier molecular flexibility index (Phi) is 4.48. The summed E-state index contributed by atoms with van der Waals surface area (Å²) >= 11 is 6.20. The molecule has 2 aliphatic heterocycles. The molecule has 6 nitrogen and oxygen atoms in total. The highest BCUT2D eigenvalue weighted by Gasteiger charge is 2.34. The minimum absolute atomic E-state index is 0.0499. The number of nitrogens with zero attached hydrogens (tertiary/aromatic N) is 1. The van der Waals surface area contributed by atoms with Crippen molar-refractivity contribution in [2.75, 3.05) is 31.6 Å². The van der Waals surface area contributed by atoms with Gasteiger partial charge in [0.15, 0.2) is 0 Å². The number of carbonyl (C=O) groups excluding carboxylic acids is 2. The number of fused-ring (bicyclic) bond motifs is 2. The molecule has 29 heavy (non-hydrogen) atoms. The summed E-state index contributed by atoms with van der Waals surface area (Å²) in [7, 11) is 0. The highest BCUT2D eigenvalue weighted by molar-refractivity contribution is 6.38. The first-order valence-electron chi connectivity index (χ1n) is 9.98. The number of hydrogen-bond donors (Lipinski definition) is 2. The number of amides is 2. The number of ether oxygens (including phenoxy) is 1. The average Bonchev–Trinajstić information content (AvgIpc) is 3.23. The van der Waals surface area contributed by atoms with E-state index in [0.29, 0.717) is 36.9 Å². The van der Waals surface area contributed by atoms with E-state index >= 15 is 0 Å². The Hall–Kier alpha value is -2.57. The zero-order valence-electron chi connectivity index (χ0n) is 16.2. The van der Waals surface area contributed by atoms with E-state index in [1.165, 1.54) is 0 Å². The first-order chi connectivity index (χ1) is 14.0. The predicted molar refractivity (Wildman–Crippen MR) is 112 cm³/mol. The van der Waals surface area contributed by atoms with Crippen LogP contribution < -0.4 is 5.32 Å². The van der Waals surface area contributed by atoms with Crippen LogP contribution in [0.1, 0.15) is 45.7 Å². The monoisotopic (exact) mass is 411 g/mol. The van der Waals surface area contributed by atoms with E-state index in [0.717, 1.165) is 58.6 Å². The molecule has 1 aromatic heterocycles. The maximum absolute atomic E-state index is 13.2. The van der Waals surface area contributed by atoms with Crippen LogP contribution >= 0.6 is 11.6 Å². The van der Waals surface area contributed by atoms with Gasteiger partial charge in [-0.25, -0.2) is 0 Å². The van der Waals surface area contributed by atoms with Crippen molar-refractivity contribution in [1.82, 2.24) is 9.88 Å². The first-order valence-corrected chi connectivity index (χ1v) is 10.4. The van der Waals surface area contributed by atoms with Gasteiger partial charge in [0.1, 0.15) is 0 Å². The molecule has 0 radical (unpaired) electrons. The third-order valence-electron chi connectivity index (χ3n) is 5.99. The summed E-state index contributed by atoms with van der Waals surface area (Å²) in [5.41, 5.74) is 6.80. The van der Waals surface area contributed by atoms with E-state index in [-0.39, 0.29) is 11.8 Å². The SMILES string of the molecule is Cc1[nH]c2c(c1C(=O)N1CCOCC1)CCC/C2=C1/C(=O)Nc2ccc(Cl)cc21. The number of rotatable bonds is 1. The number of benzene rings is 1. The molecule has 1 aromatic carbocycles. The maximum Gasteiger partial charge on any atom is 0.256 e. The van der Waals surface area contributed by atoms with E-state index in [1.54, 1.807) is 6.07 Å². The molecular formula is C22H22ClN3O3. The number of aromatic nitrogens is 1. The quantitative estimate of drug-likeness (QED) is 0.703. The molecule has 1 fully saturated rings. The van der Waals surface area contributed by atoms with Crippen LogP contribution in [0.5, 0.6) is 0 Å². The van der Waals surface area contributed by atoms with E-state index in [9.17, 15) is 9.59 Å². The van der Waals surface area contributed by atoms with Gasteiger partial charge in [-0.3, -0.25) is 9.59 Å². The van der Waals surface area contributed by atoms with Crippen LogP contribution in [-0.2, 0) is 16.0 Å². The van der Waals surface area contributed by atoms with Gasteiger partial charge in [-0.05, 0) is 55.5 Å². The van der Waals surface area contributed by atoms with Gasteiger partial charge in [0.25, 0.3) is 11.8 Å². The molecule has 3 aliphatic rings. The average molecular weight is 412 g/mol. The van der Waals surface area contributed by atoms with Crippen LogP contribution in [-0.4, -0.2) is 48.0 Å². The lowest BCUT2D eigenvalue weighted by atomic mass is 9.86. The molecular weight excluding hydrogens is 390 g/mol. The molecule has 0 atom stereocenters. The topological polar surface area (TPSA) is 74.4 Å². The largest absolute Gasteiger partial charge is 0.378 e. The molecule has 1 saturated heterocycles. The predicted octanol–water partition coefficient (Wildman–Crippen LogP) is 3.65. The van der Waals surface area contributed by atoms with Crippen LogP contribution in [0, 0.1) is 6.92 Å². The number of halogens is 1. The van der Waals surface area contributed by atoms with Crippen molar-refractivity contribution in [1.29, 1.82) is 0 Å². The molecule has 0 bridgehead atoms. The summed E-state index contributed by atoms with van der Waals surface area (Å²) in [6, 6.07) is 5.44. The summed E-state index contributed by atoms with van der Waals surface area (Å²) in [5, 5.41) is 3.54. The van der Waals surface area contributed by atoms with E-state index < -0.39 is 0 Å². The van der Waals surface area contributed by atoms with Gasteiger partial charge in [0, 0.05) is 40.8 Å². The number of aryl methyl sites for hydroxylation is 1. The van der Waals surface area contributed by atoms with Crippen molar-refractivity contribution >= 4 is 40.2 Å². The van der Waals surface area contributed by atoms with Crippen molar-refractivity contribution in [2.24, 2.45) is 0 Å². The van der Waals surface area contributed by atoms with Gasteiger partial charge in [0.2, 0.25) is 0 Å². The molecule has 2 N–H and O–H groups in total. The number of nitrogens with one attached hydrogen (secondary N) is 2. The van der Waals surface area contributed by atoms with E-state index in [4.69, 9.17) is 16.3 Å².